The molecular formula is C26H43N3. The van der Waals surface area contributed by atoms with Gasteiger partial charge in [0.15, 0.2) is 0 Å². The summed E-state index contributed by atoms with van der Waals surface area (Å²) in [5.74, 6) is 0.894. The summed E-state index contributed by atoms with van der Waals surface area (Å²) in [4.78, 5) is 8.60. The lowest BCUT2D eigenvalue weighted by Crippen LogP contribution is -2.33. The molecule has 2 rings (SSSR count). The van der Waals surface area contributed by atoms with Gasteiger partial charge in [-0.05, 0) is 35.7 Å². The van der Waals surface area contributed by atoms with Gasteiger partial charge in [0, 0.05) is 16.5 Å². The van der Waals surface area contributed by atoms with Crippen LogP contribution in [0.25, 0.3) is 0 Å². The Morgan fingerprint density at radius 3 is 1.93 bits per heavy atom. The van der Waals surface area contributed by atoms with E-state index in [0.717, 1.165) is 25.1 Å². The molecule has 29 heavy (non-hydrogen) atoms. The maximum absolute atomic E-state index is 5.98. The van der Waals surface area contributed by atoms with Crippen molar-refractivity contribution in [3.05, 3.63) is 53.1 Å². The molecule has 162 valence electrons. The van der Waals surface area contributed by atoms with E-state index < -0.39 is 0 Å². The monoisotopic (exact) mass is 397 g/mol. The number of hydrogen-bond acceptors (Lipinski definition) is 2. The number of hydrogen-bond donors (Lipinski definition) is 2. The van der Waals surface area contributed by atoms with Crippen LogP contribution in [0.1, 0.15) is 97.9 Å². The second kappa shape index (κ2) is 8.26. The van der Waals surface area contributed by atoms with Crippen LogP contribution in [0.2, 0.25) is 0 Å². The van der Waals surface area contributed by atoms with E-state index in [0.29, 0.717) is 6.54 Å². The standard InChI is InChI=1S/C26H43N3/c1-23(2,3)17-25(6,7)21-22(29-20(16-27)28-21)26(8,9)18-24(4,5)15-19-13-11-10-12-14-19/h10-14H,15-18,27H2,1-9H3,(H,28,29). The molecule has 0 unspecified atom stereocenters. The van der Waals surface area contributed by atoms with Crippen LogP contribution < -0.4 is 5.73 Å². The normalized spacial score (nSPS) is 13.7. The van der Waals surface area contributed by atoms with E-state index in [4.69, 9.17) is 10.7 Å². The first-order valence-corrected chi connectivity index (χ1v) is 11.0. The Bertz CT molecular complexity index is 789. The van der Waals surface area contributed by atoms with Crippen LogP contribution >= 0.6 is 0 Å². The van der Waals surface area contributed by atoms with Gasteiger partial charge in [-0.1, -0.05) is 92.6 Å². The molecule has 1 heterocycles. The van der Waals surface area contributed by atoms with Crippen molar-refractivity contribution in [3.8, 4) is 0 Å². The van der Waals surface area contributed by atoms with Crippen molar-refractivity contribution in [2.24, 2.45) is 16.6 Å². The Morgan fingerprint density at radius 1 is 0.828 bits per heavy atom. The second-order valence-corrected chi connectivity index (χ2v) is 12.1. The number of aromatic nitrogens is 2. The van der Waals surface area contributed by atoms with Crippen molar-refractivity contribution in [1.82, 2.24) is 9.97 Å². The average Bonchev–Trinajstić information content (AvgIpc) is 2.98. The van der Waals surface area contributed by atoms with Gasteiger partial charge in [-0.2, -0.15) is 0 Å². The summed E-state index contributed by atoms with van der Waals surface area (Å²) in [7, 11) is 0. The van der Waals surface area contributed by atoms with E-state index in [9.17, 15) is 0 Å². The summed E-state index contributed by atoms with van der Waals surface area (Å²) in [6, 6.07) is 10.8. The van der Waals surface area contributed by atoms with Gasteiger partial charge < -0.3 is 10.7 Å². The smallest absolute Gasteiger partial charge is 0.120 e. The Labute approximate surface area is 178 Å². The molecule has 0 radical (unpaired) electrons. The number of H-pyrrole nitrogens is 1. The first-order chi connectivity index (χ1) is 13.2. The Morgan fingerprint density at radius 2 is 1.41 bits per heavy atom. The lowest BCUT2D eigenvalue weighted by molar-refractivity contribution is 0.242. The number of benzene rings is 1. The zero-order valence-electron chi connectivity index (χ0n) is 20.2. The first-order valence-electron chi connectivity index (χ1n) is 11.0. The third kappa shape index (κ3) is 6.44. The molecular weight excluding hydrogens is 354 g/mol. The summed E-state index contributed by atoms with van der Waals surface area (Å²) in [6.07, 6.45) is 3.21. The average molecular weight is 398 g/mol. The molecule has 0 fully saturated rings. The van der Waals surface area contributed by atoms with Crippen molar-refractivity contribution in [1.29, 1.82) is 0 Å². The summed E-state index contributed by atoms with van der Waals surface area (Å²) in [5, 5.41) is 0. The van der Waals surface area contributed by atoms with Crippen molar-refractivity contribution in [3.63, 3.8) is 0 Å². The van der Waals surface area contributed by atoms with E-state index in [1.807, 2.05) is 0 Å². The van der Waals surface area contributed by atoms with Gasteiger partial charge >= 0.3 is 0 Å². The number of aromatic amines is 1. The molecule has 0 saturated carbocycles. The van der Waals surface area contributed by atoms with Gasteiger partial charge in [-0.3, -0.25) is 0 Å². The molecule has 0 aliphatic heterocycles. The third-order valence-electron chi connectivity index (χ3n) is 5.68. The largest absolute Gasteiger partial charge is 0.344 e. The van der Waals surface area contributed by atoms with E-state index in [1.54, 1.807) is 0 Å². The second-order valence-electron chi connectivity index (χ2n) is 12.1. The summed E-state index contributed by atoms with van der Waals surface area (Å²) >= 11 is 0. The van der Waals surface area contributed by atoms with E-state index in [2.05, 4.69) is 97.6 Å². The van der Waals surface area contributed by atoms with Gasteiger partial charge in [0.05, 0.1) is 12.2 Å². The van der Waals surface area contributed by atoms with E-state index >= 15 is 0 Å². The zero-order valence-corrected chi connectivity index (χ0v) is 20.2. The van der Waals surface area contributed by atoms with E-state index in [1.165, 1.54) is 17.0 Å². The van der Waals surface area contributed by atoms with Crippen LogP contribution in [-0.2, 0) is 23.8 Å². The molecule has 0 spiro atoms. The molecule has 3 N–H and O–H groups in total. The first kappa shape index (κ1) is 23.7. The summed E-state index contributed by atoms with van der Waals surface area (Å²) in [5.41, 5.74) is 10.2. The lowest BCUT2D eigenvalue weighted by atomic mass is 9.67. The number of rotatable bonds is 8. The molecule has 1 aromatic heterocycles. The van der Waals surface area contributed by atoms with Crippen LogP contribution in [0.3, 0.4) is 0 Å². The topological polar surface area (TPSA) is 54.7 Å². The van der Waals surface area contributed by atoms with Crippen molar-refractivity contribution in [2.45, 2.75) is 99.0 Å². The van der Waals surface area contributed by atoms with Gasteiger partial charge in [-0.25, -0.2) is 4.98 Å². The predicted molar refractivity (Wildman–Crippen MR) is 125 cm³/mol. The summed E-state index contributed by atoms with van der Waals surface area (Å²) in [6.45, 7) is 21.5. The summed E-state index contributed by atoms with van der Waals surface area (Å²) < 4.78 is 0. The minimum absolute atomic E-state index is 0.0155. The van der Waals surface area contributed by atoms with Crippen LogP contribution in [0.5, 0.6) is 0 Å². The van der Waals surface area contributed by atoms with Gasteiger partial charge in [0.25, 0.3) is 0 Å². The molecule has 0 aliphatic rings. The predicted octanol–water partition coefficient (Wildman–Crippen LogP) is 6.52. The third-order valence-corrected chi connectivity index (χ3v) is 5.68. The highest BCUT2D eigenvalue weighted by Gasteiger charge is 2.39. The Hall–Kier alpha value is -1.61. The maximum Gasteiger partial charge on any atom is 0.120 e. The van der Waals surface area contributed by atoms with Gasteiger partial charge in [-0.15, -0.1) is 0 Å². The molecule has 0 atom stereocenters. The fourth-order valence-electron chi connectivity index (χ4n) is 5.40. The molecule has 0 bridgehead atoms. The fraction of sp³-hybridized carbons (Fsp3) is 0.654. The fourth-order valence-corrected chi connectivity index (χ4v) is 5.40. The Kier molecular flexibility index (Phi) is 6.74. The number of imidazole rings is 1. The number of nitrogens with one attached hydrogen (secondary N) is 1. The minimum Gasteiger partial charge on any atom is -0.344 e. The van der Waals surface area contributed by atoms with Crippen molar-refractivity contribution >= 4 is 0 Å². The SMILES string of the molecule is CC(C)(C)CC(C)(C)c1nc(CN)[nH]c1C(C)(C)CC(C)(C)Cc1ccccc1. The highest BCUT2D eigenvalue weighted by Crippen LogP contribution is 2.44. The molecule has 0 saturated heterocycles. The Balaban J connectivity index is 2.37. The molecule has 2 aromatic rings. The van der Waals surface area contributed by atoms with Crippen LogP contribution in [-0.4, -0.2) is 9.97 Å². The zero-order chi connectivity index (χ0) is 22.1. The molecule has 0 aliphatic carbocycles. The highest BCUT2D eigenvalue weighted by atomic mass is 15.0. The number of nitrogens with two attached hydrogens (primary N) is 1. The quantitative estimate of drug-likeness (QED) is 0.533. The lowest BCUT2D eigenvalue weighted by Gasteiger charge is -2.38. The van der Waals surface area contributed by atoms with Crippen LogP contribution in [0, 0.1) is 10.8 Å². The van der Waals surface area contributed by atoms with Crippen LogP contribution in [0.15, 0.2) is 30.3 Å². The van der Waals surface area contributed by atoms with Gasteiger partial charge in [0.1, 0.15) is 5.82 Å². The van der Waals surface area contributed by atoms with E-state index in [-0.39, 0.29) is 21.7 Å². The van der Waals surface area contributed by atoms with Gasteiger partial charge in [0.2, 0.25) is 0 Å². The molecule has 1 aromatic carbocycles. The van der Waals surface area contributed by atoms with Crippen LogP contribution in [0.4, 0.5) is 0 Å². The molecule has 3 heteroatoms. The van der Waals surface area contributed by atoms with Crippen molar-refractivity contribution in [2.75, 3.05) is 0 Å². The highest BCUT2D eigenvalue weighted by molar-refractivity contribution is 5.30. The number of nitrogens with zero attached hydrogens (tertiary/aromatic N) is 1. The maximum atomic E-state index is 5.98. The van der Waals surface area contributed by atoms with Crippen molar-refractivity contribution < 1.29 is 0 Å². The minimum atomic E-state index is -0.0246. The molecule has 3 nitrogen and oxygen atoms in total. The molecule has 0 amide bonds.